The summed E-state index contributed by atoms with van der Waals surface area (Å²) in [5.41, 5.74) is 1.68. The number of ketones is 1. The van der Waals surface area contributed by atoms with Crippen LogP contribution in [0.15, 0.2) is 42.9 Å². The Labute approximate surface area is 88.4 Å². The summed E-state index contributed by atoms with van der Waals surface area (Å²) < 4.78 is 1.86. The Kier molecular flexibility index (Phi) is 2.63. The van der Waals surface area contributed by atoms with E-state index in [9.17, 15) is 4.79 Å². The molecule has 0 unspecified atom stereocenters. The van der Waals surface area contributed by atoms with Gasteiger partial charge in [-0.3, -0.25) is 4.79 Å². The average Bonchev–Trinajstić information content (AvgIpc) is 2.66. The number of hydrogen-bond acceptors (Lipinski definition) is 2. The number of imidazole rings is 1. The predicted octanol–water partition coefficient (Wildman–Crippen LogP) is 1.85. The maximum atomic E-state index is 11.8. The van der Waals surface area contributed by atoms with Crippen LogP contribution in [0.1, 0.15) is 16.1 Å². The number of nitrogens with zero attached hydrogens (tertiary/aromatic N) is 2. The van der Waals surface area contributed by atoms with Crippen LogP contribution < -0.4 is 0 Å². The summed E-state index contributed by atoms with van der Waals surface area (Å²) in [6.45, 7) is 0. The van der Waals surface area contributed by atoms with E-state index in [1.165, 1.54) is 0 Å². The van der Waals surface area contributed by atoms with Crippen LogP contribution in [-0.2, 0) is 13.5 Å². The van der Waals surface area contributed by atoms with Crippen molar-refractivity contribution >= 4 is 5.78 Å². The highest BCUT2D eigenvalue weighted by molar-refractivity contribution is 5.97. The van der Waals surface area contributed by atoms with Gasteiger partial charge in [0.25, 0.3) is 0 Å². The van der Waals surface area contributed by atoms with Gasteiger partial charge in [-0.2, -0.15) is 0 Å². The monoisotopic (exact) mass is 200 g/mol. The van der Waals surface area contributed by atoms with Crippen LogP contribution in [0.25, 0.3) is 0 Å². The summed E-state index contributed by atoms with van der Waals surface area (Å²) in [4.78, 5) is 15.8. The number of carbonyl (C=O) groups is 1. The van der Waals surface area contributed by atoms with Crippen molar-refractivity contribution in [1.29, 1.82) is 0 Å². The Bertz CT molecular complexity index is 459. The summed E-state index contributed by atoms with van der Waals surface area (Å²) in [5, 5.41) is 0. The Morgan fingerprint density at radius 2 is 2.07 bits per heavy atom. The quantitative estimate of drug-likeness (QED) is 0.709. The van der Waals surface area contributed by atoms with E-state index in [0.29, 0.717) is 6.42 Å². The molecular formula is C12H12N2O. The molecule has 0 atom stereocenters. The fourth-order valence-electron chi connectivity index (χ4n) is 1.45. The van der Waals surface area contributed by atoms with Crippen molar-refractivity contribution in [3.63, 3.8) is 0 Å². The lowest BCUT2D eigenvalue weighted by molar-refractivity contribution is 0.0991. The zero-order valence-corrected chi connectivity index (χ0v) is 8.55. The lowest BCUT2D eigenvalue weighted by Gasteiger charge is -2.01. The molecule has 0 spiro atoms. The molecule has 76 valence electrons. The number of aromatic nitrogens is 2. The molecule has 2 rings (SSSR count). The first-order valence-electron chi connectivity index (χ1n) is 4.81. The SMILES string of the molecule is Cn1cncc1CC(=O)c1ccccc1. The number of Topliss-reactive ketones (excluding diaryl/α,β-unsaturated/α-hetero) is 1. The van der Waals surface area contributed by atoms with Crippen LogP contribution in [-0.4, -0.2) is 15.3 Å². The van der Waals surface area contributed by atoms with Crippen molar-refractivity contribution in [3.05, 3.63) is 54.1 Å². The van der Waals surface area contributed by atoms with Gasteiger partial charge in [-0.05, 0) is 0 Å². The minimum atomic E-state index is 0.124. The van der Waals surface area contributed by atoms with Crippen molar-refractivity contribution < 1.29 is 4.79 Å². The molecule has 0 aliphatic heterocycles. The molecule has 0 radical (unpaired) electrons. The molecule has 0 aliphatic carbocycles. The second kappa shape index (κ2) is 4.09. The van der Waals surface area contributed by atoms with Crippen molar-refractivity contribution in [3.8, 4) is 0 Å². The predicted molar refractivity (Wildman–Crippen MR) is 57.7 cm³/mol. The van der Waals surface area contributed by atoms with Gasteiger partial charge in [0.05, 0.1) is 12.7 Å². The van der Waals surface area contributed by atoms with E-state index in [-0.39, 0.29) is 5.78 Å². The molecule has 0 saturated carbocycles. The van der Waals surface area contributed by atoms with E-state index in [0.717, 1.165) is 11.3 Å². The fourth-order valence-corrected chi connectivity index (χ4v) is 1.45. The molecule has 15 heavy (non-hydrogen) atoms. The van der Waals surface area contributed by atoms with E-state index >= 15 is 0 Å². The average molecular weight is 200 g/mol. The lowest BCUT2D eigenvalue weighted by atomic mass is 10.1. The first-order valence-corrected chi connectivity index (χ1v) is 4.81. The summed E-state index contributed by atoms with van der Waals surface area (Å²) in [5.74, 6) is 0.124. The highest BCUT2D eigenvalue weighted by Gasteiger charge is 2.08. The number of rotatable bonds is 3. The molecule has 1 aromatic heterocycles. The Morgan fingerprint density at radius 3 is 2.67 bits per heavy atom. The number of carbonyl (C=O) groups excluding carboxylic acids is 1. The standard InChI is InChI=1S/C12H12N2O/c1-14-9-13-8-11(14)7-12(15)10-5-3-2-4-6-10/h2-6,8-9H,7H2,1H3. The van der Waals surface area contributed by atoms with E-state index < -0.39 is 0 Å². The van der Waals surface area contributed by atoms with Gasteiger partial charge in [0.1, 0.15) is 0 Å². The van der Waals surface area contributed by atoms with Gasteiger partial charge < -0.3 is 4.57 Å². The fraction of sp³-hybridized carbons (Fsp3) is 0.167. The highest BCUT2D eigenvalue weighted by Crippen LogP contribution is 2.06. The van der Waals surface area contributed by atoms with Crippen LogP contribution in [0.2, 0.25) is 0 Å². The highest BCUT2D eigenvalue weighted by atomic mass is 16.1. The van der Waals surface area contributed by atoms with Gasteiger partial charge in [0, 0.05) is 24.5 Å². The van der Waals surface area contributed by atoms with E-state index in [4.69, 9.17) is 0 Å². The molecule has 0 saturated heterocycles. The summed E-state index contributed by atoms with van der Waals surface area (Å²) >= 11 is 0. The topological polar surface area (TPSA) is 34.9 Å². The number of hydrogen-bond donors (Lipinski definition) is 0. The Morgan fingerprint density at radius 1 is 1.33 bits per heavy atom. The van der Waals surface area contributed by atoms with Crippen molar-refractivity contribution in [2.75, 3.05) is 0 Å². The largest absolute Gasteiger partial charge is 0.337 e. The minimum Gasteiger partial charge on any atom is -0.337 e. The number of aryl methyl sites for hydroxylation is 1. The molecule has 3 nitrogen and oxygen atoms in total. The molecule has 0 aliphatic rings. The van der Waals surface area contributed by atoms with Crippen LogP contribution >= 0.6 is 0 Å². The second-order valence-electron chi connectivity index (χ2n) is 3.46. The third-order valence-corrected chi connectivity index (χ3v) is 2.35. The zero-order valence-electron chi connectivity index (χ0n) is 8.55. The van der Waals surface area contributed by atoms with Gasteiger partial charge in [0.15, 0.2) is 5.78 Å². The first kappa shape index (κ1) is 9.65. The maximum Gasteiger partial charge on any atom is 0.168 e. The first-order chi connectivity index (χ1) is 7.27. The van der Waals surface area contributed by atoms with Gasteiger partial charge >= 0.3 is 0 Å². The van der Waals surface area contributed by atoms with Crippen LogP contribution in [0.3, 0.4) is 0 Å². The van der Waals surface area contributed by atoms with Gasteiger partial charge in [0.2, 0.25) is 0 Å². The van der Waals surface area contributed by atoms with Gasteiger partial charge in [-0.25, -0.2) is 4.98 Å². The molecule has 2 aromatic rings. The van der Waals surface area contributed by atoms with Crippen molar-refractivity contribution in [1.82, 2.24) is 9.55 Å². The molecule has 0 amide bonds. The normalized spacial score (nSPS) is 10.2. The third kappa shape index (κ3) is 2.13. The molecule has 0 fully saturated rings. The minimum absolute atomic E-state index is 0.124. The number of benzene rings is 1. The summed E-state index contributed by atoms with van der Waals surface area (Å²) in [7, 11) is 1.89. The second-order valence-corrected chi connectivity index (χ2v) is 3.46. The molecule has 3 heteroatoms. The van der Waals surface area contributed by atoms with Crippen LogP contribution in [0.5, 0.6) is 0 Å². The Hall–Kier alpha value is -1.90. The molecule has 1 aromatic carbocycles. The zero-order chi connectivity index (χ0) is 10.7. The van der Waals surface area contributed by atoms with Crippen molar-refractivity contribution in [2.24, 2.45) is 7.05 Å². The molecular weight excluding hydrogens is 188 g/mol. The van der Waals surface area contributed by atoms with Gasteiger partial charge in [-0.15, -0.1) is 0 Å². The Balaban J connectivity index is 2.15. The van der Waals surface area contributed by atoms with E-state index in [1.807, 2.05) is 41.9 Å². The van der Waals surface area contributed by atoms with Gasteiger partial charge in [-0.1, -0.05) is 30.3 Å². The maximum absolute atomic E-state index is 11.8. The molecule has 0 bridgehead atoms. The van der Waals surface area contributed by atoms with Crippen LogP contribution in [0, 0.1) is 0 Å². The summed E-state index contributed by atoms with van der Waals surface area (Å²) in [6, 6.07) is 9.31. The van der Waals surface area contributed by atoms with E-state index in [1.54, 1.807) is 12.5 Å². The smallest absolute Gasteiger partial charge is 0.168 e. The lowest BCUT2D eigenvalue weighted by Crippen LogP contribution is -2.06. The molecule has 0 N–H and O–H groups in total. The summed E-state index contributed by atoms with van der Waals surface area (Å²) in [6.07, 6.45) is 3.83. The third-order valence-electron chi connectivity index (χ3n) is 2.35. The van der Waals surface area contributed by atoms with Crippen LogP contribution in [0.4, 0.5) is 0 Å². The van der Waals surface area contributed by atoms with E-state index in [2.05, 4.69) is 4.98 Å². The van der Waals surface area contributed by atoms with Crippen molar-refractivity contribution in [2.45, 2.75) is 6.42 Å². The molecule has 1 heterocycles.